The van der Waals surface area contributed by atoms with E-state index in [2.05, 4.69) is 10.6 Å². The number of carbonyl (C=O) groups excluding carboxylic acids is 5. The van der Waals surface area contributed by atoms with Crippen molar-refractivity contribution in [3.05, 3.63) is 23.8 Å². The Kier molecular flexibility index (Phi) is 6.19. The molecule has 9 nitrogen and oxygen atoms in total. The summed E-state index contributed by atoms with van der Waals surface area (Å²) < 4.78 is 4.71. The first-order valence-corrected chi connectivity index (χ1v) is 9.91. The summed E-state index contributed by atoms with van der Waals surface area (Å²) in [6.07, 6.45) is 3.31. The van der Waals surface area contributed by atoms with E-state index in [1.165, 1.54) is 13.2 Å². The van der Waals surface area contributed by atoms with Crippen molar-refractivity contribution in [1.29, 1.82) is 0 Å². The summed E-state index contributed by atoms with van der Waals surface area (Å²) in [4.78, 5) is 61.6. The van der Waals surface area contributed by atoms with Crippen LogP contribution in [0.4, 0.5) is 11.4 Å². The molecule has 1 heterocycles. The van der Waals surface area contributed by atoms with Gasteiger partial charge in [-0.25, -0.2) is 0 Å². The molecule has 1 aliphatic carbocycles. The van der Waals surface area contributed by atoms with Crippen molar-refractivity contribution in [2.24, 2.45) is 0 Å². The maximum Gasteiger partial charge on any atom is 0.313 e. The number of anilines is 2. The Morgan fingerprint density at radius 2 is 1.70 bits per heavy atom. The van der Waals surface area contributed by atoms with Crippen LogP contribution in [-0.2, 0) is 28.7 Å². The van der Waals surface area contributed by atoms with E-state index in [1.807, 2.05) is 0 Å². The van der Waals surface area contributed by atoms with Gasteiger partial charge < -0.3 is 15.4 Å². The summed E-state index contributed by atoms with van der Waals surface area (Å²) in [5.74, 6) is -2.63. The second-order valence-corrected chi connectivity index (χ2v) is 7.77. The van der Waals surface area contributed by atoms with Crippen LogP contribution in [0.25, 0.3) is 0 Å². The lowest BCUT2D eigenvalue weighted by molar-refractivity contribution is -0.144. The molecule has 1 aromatic carbocycles. The number of methoxy groups -OCH3 is 1. The van der Waals surface area contributed by atoms with Crippen LogP contribution in [0.3, 0.4) is 0 Å². The fraction of sp³-hybridized carbons (Fsp3) is 0.476. The van der Waals surface area contributed by atoms with Crippen molar-refractivity contribution in [2.45, 2.75) is 57.4 Å². The predicted octanol–water partition coefficient (Wildman–Crippen LogP) is 1.58. The second-order valence-electron chi connectivity index (χ2n) is 7.77. The zero-order valence-electron chi connectivity index (χ0n) is 17.1. The highest BCUT2D eigenvalue weighted by Crippen LogP contribution is 2.33. The van der Waals surface area contributed by atoms with Crippen molar-refractivity contribution < 1.29 is 28.7 Å². The number of aryl methyl sites for hydroxylation is 1. The van der Waals surface area contributed by atoms with E-state index in [0.29, 0.717) is 29.8 Å². The molecule has 0 unspecified atom stereocenters. The largest absolute Gasteiger partial charge is 0.469 e. The minimum atomic E-state index is -0.855. The third-order valence-electron chi connectivity index (χ3n) is 5.60. The van der Waals surface area contributed by atoms with Crippen LogP contribution >= 0.6 is 0 Å². The van der Waals surface area contributed by atoms with Gasteiger partial charge in [0.25, 0.3) is 0 Å². The molecule has 0 spiro atoms. The van der Waals surface area contributed by atoms with Gasteiger partial charge in [-0.3, -0.25) is 28.9 Å². The molecule has 1 saturated heterocycles. The monoisotopic (exact) mass is 415 g/mol. The number of amides is 4. The first kappa shape index (κ1) is 21.5. The summed E-state index contributed by atoms with van der Waals surface area (Å²) in [6, 6.07) is 4.70. The highest BCUT2D eigenvalue weighted by Gasteiger charge is 2.39. The maximum absolute atomic E-state index is 12.5. The molecule has 30 heavy (non-hydrogen) atoms. The average Bonchev–Trinajstić information content (AvgIpc) is 3.28. The van der Waals surface area contributed by atoms with Crippen molar-refractivity contribution in [1.82, 2.24) is 5.32 Å². The Labute approximate surface area is 174 Å². The summed E-state index contributed by atoms with van der Waals surface area (Å²) in [7, 11) is 1.29. The fourth-order valence-electron chi connectivity index (χ4n) is 4.06. The van der Waals surface area contributed by atoms with E-state index in [0.717, 1.165) is 17.7 Å². The maximum atomic E-state index is 12.5. The standard InChI is InChI=1S/C21H25N3O6/c1-13-11-14(5-6-15(13)24-16(25)7-8-17(24)26)22-19(28)20(29)23-21(9-3-4-10-21)12-18(27)30-2/h5-6,11H,3-4,7-10,12H2,1-2H3,(H,22,28)(H,23,29). The van der Waals surface area contributed by atoms with Crippen LogP contribution in [-0.4, -0.2) is 42.2 Å². The van der Waals surface area contributed by atoms with Crippen LogP contribution in [0.1, 0.15) is 50.5 Å². The zero-order chi connectivity index (χ0) is 21.9. The van der Waals surface area contributed by atoms with E-state index in [1.54, 1.807) is 19.1 Å². The van der Waals surface area contributed by atoms with E-state index in [9.17, 15) is 24.0 Å². The van der Waals surface area contributed by atoms with Gasteiger partial charge in [-0.05, 0) is 43.5 Å². The van der Waals surface area contributed by atoms with Gasteiger partial charge in [0, 0.05) is 18.5 Å². The van der Waals surface area contributed by atoms with Crippen molar-refractivity contribution in [2.75, 3.05) is 17.3 Å². The summed E-state index contributed by atoms with van der Waals surface area (Å²) in [5, 5.41) is 5.24. The Morgan fingerprint density at radius 3 is 2.27 bits per heavy atom. The smallest absolute Gasteiger partial charge is 0.313 e. The molecular weight excluding hydrogens is 390 g/mol. The average molecular weight is 415 g/mol. The number of benzene rings is 1. The molecule has 2 fully saturated rings. The highest BCUT2D eigenvalue weighted by molar-refractivity contribution is 6.39. The lowest BCUT2D eigenvalue weighted by Gasteiger charge is -2.28. The van der Waals surface area contributed by atoms with Crippen LogP contribution in [0.2, 0.25) is 0 Å². The molecule has 2 aliphatic rings. The van der Waals surface area contributed by atoms with Gasteiger partial charge in [0.15, 0.2) is 0 Å². The van der Waals surface area contributed by atoms with Crippen LogP contribution in [0.15, 0.2) is 18.2 Å². The number of nitrogens with one attached hydrogen (secondary N) is 2. The van der Waals surface area contributed by atoms with Gasteiger partial charge in [0.2, 0.25) is 11.8 Å². The van der Waals surface area contributed by atoms with Gasteiger partial charge in [0.05, 0.1) is 24.8 Å². The number of hydrogen-bond acceptors (Lipinski definition) is 6. The zero-order valence-corrected chi connectivity index (χ0v) is 17.1. The number of rotatable bonds is 5. The summed E-state index contributed by atoms with van der Waals surface area (Å²) >= 11 is 0. The molecule has 4 amide bonds. The molecule has 1 aromatic rings. The van der Waals surface area contributed by atoms with E-state index in [-0.39, 0.29) is 31.1 Å². The van der Waals surface area contributed by atoms with Gasteiger partial charge in [-0.2, -0.15) is 0 Å². The molecular formula is C21H25N3O6. The van der Waals surface area contributed by atoms with Gasteiger partial charge in [-0.1, -0.05) is 12.8 Å². The number of carbonyl (C=O) groups is 5. The third-order valence-corrected chi connectivity index (χ3v) is 5.60. The number of esters is 1. The predicted molar refractivity (Wildman–Crippen MR) is 108 cm³/mol. The van der Waals surface area contributed by atoms with Crippen LogP contribution in [0, 0.1) is 6.92 Å². The molecule has 2 N–H and O–H groups in total. The van der Waals surface area contributed by atoms with Crippen molar-refractivity contribution in [3.8, 4) is 0 Å². The normalized spacial score (nSPS) is 17.7. The Hall–Kier alpha value is -3.23. The van der Waals surface area contributed by atoms with E-state index < -0.39 is 23.3 Å². The van der Waals surface area contributed by atoms with Gasteiger partial charge >= 0.3 is 17.8 Å². The minimum Gasteiger partial charge on any atom is -0.469 e. The number of ether oxygens (including phenoxy) is 1. The molecule has 0 radical (unpaired) electrons. The summed E-state index contributed by atoms with van der Waals surface area (Å²) in [5.41, 5.74) is 0.684. The summed E-state index contributed by atoms with van der Waals surface area (Å²) in [6.45, 7) is 1.72. The molecule has 0 bridgehead atoms. The molecule has 0 atom stereocenters. The topological polar surface area (TPSA) is 122 Å². The molecule has 9 heteroatoms. The van der Waals surface area contributed by atoms with Crippen LogP contribution in [0.5, 0.6) is 0 Å². The van der Waals surface area contributed by atoms with E-state index >= 15 is 0 Å². The Morgan fingerprint density at radius 1 is 1.07 bits per heavy atom. The molecule has 3 rings (SSSR count). The van der Waals surface area contributed by atoms with E-state index in [4.69, 9.17) is 4.74 Å². The fourth-order valence-corrected chi connectivity index (χ4v) is 4.06. The van der Waals surface area contributed by atoms with Crippen molar-refractivity contribution in [3.63, 3.8) is 0 Å². The minimum absolute atomic E-state index is 0.0220. The lowest BCUT2D eigenvalue weighted by Crippen LogP contribution is -2.51. The Bertz CT molecular complexity index is 888. The first-order valence-electron chi connectivity index (χ1n) is 9.91. The van der Waals surface area contributed by atoms with Gasteiger partial charge in [0.1, 0.15) is 0 Å². The molecule has 1 saturated carbocycles. The highest BCUT2D eigenvalue weighted by atomic mass is 16.5. The van der Waals surface area contributed by atoms with Crippen molar-refractivity contribution >= 4 is 41.0 Å². The van der Waals surface area contributed by atoms with Gasteiger partial charge in [-0.15, -0.1) is 0 Å². The Balaban J connectivity index is 1.67. The lowest BCUT2D eigenvalue weighted by atomic mass is 9.93. The quantitative estimate of drug-likeness (QED) is 0.428. The number of imide groups is 1. The molecule has 0 aromatic heterocycles. The molecule has 160 valence electrons. The second kappa shape index (κ2) is 8.64. The first-order chi connectivity index (χ1) is 14.2. The number of hydrogen-bond donors (Lipinski definition) is 2. The van der Waals surface area contributed by atoms with Crippen LogP contribution < -0.4 is 15.5 Å². The number of nitrogens with zero attached hydrogens (tertiary/aromatic N) is 1. The molecule has 1 aliphatic heterocycles. The SMILES string of the molecule is COC(=O)CC1(NC(=O)C(=O)Nc2ccc(N3C(=O)CCC3=O)c(C)c2)CCCC1. The third kappa shape index (κ3) is 4.50.